The van der Waals surface area contributed by atoms with Crippen molar-refractivity contribution in [3.63, 3.8) is 0 Å². The van der Waals surface area contributed by atoms with Crippen molar-refractivity contribution in [1.82, 2.24) is 10.6 Å². The Balaban J connectivity index is 1.75. The van der Waals surface area contributed by atoms with E-state index in [0.29, 0.717) is 47.1 Å². The predicted molar refractivity (Wildman–Crippen MR) is 111 cm³/mol. The van der Waals surface area contributed by atoms with Crippen LogP contribution >= 0.6 is 23.2 Å². The number of nitrogens with one attached hydrogen (secondary N) is 3. The molecule has 1 amide bonds. The lowest BCUT2D eigenvalue weighted by Gasteiger charge is -2.13. The Morgan fingerprint density at radius 1 is 1.15 bits per heavy atom. The number of benzene rings is 2. The van der Waals surface area contributed by atoms with Crippen molar-refractivity contribution in [2.75, 3.05) is 25.5 Å². The molecule has 0 radical (unpaired) electrons. The molecule has 6 nitrogen and oxygen atoms in total. The maximum absolute atomic E-state index is 11.1. The molecule has 2 aromatic carbocycles. The quantitative estimate of drug-likeness (QED) is 0.371. The van der Waals surface area contributed by atoms with E-state index in [9.17, 15) is 4.79 Å². The number of rotatable bonds is 7. The number of hydrogen-bond acceptors (Lipinski definition) is 3. The first-order valence-corrected chi connectivity index (χ1v) is 9.12. The summed E-state index contributed by atoms with van der Waals surface area (Å²) in [7, 11) is 1.69. The minimum Gasteiger partial charge on any atom is -0.492 e. The van der Waals surface area contributed by atoms with Crippen molar-refractivity contribution in [1.29, 1.82) is 0 Å². The second kappa shape index (κ2) is 10.6. The molecule has 0 unspecified atom stereocenters. The molecule has 2 rings (SSSR count). The number of amides is 1. The topological polar surface area (TPSA) is 74.8 Å². The first kappa shape index (κ1) is 20.9. The van der Waals surface area contributed by atoms with Crippen molar-refractivity contribution in [2.45, 2.75) is 13.5 Å². The summed E-state index contributed by atoms with van der Waals surface area (Å²) < 4.78 is 5.69. The highest BCUT2D eigenvalue weighted by Crippen LogP contribution is 2.20. The van der Waals surface area contributed by atoms with Gasteiger partial charge in [-0.15, -0.1) is 0 Å². The highest BCUT2D eigenvalue weighted by molar-refractivity contribution is 6.35. The molecule has 0 atom stereocenters. The van der Waals surface area contributed by atoms with Crippen LogP contribution in [0.1, 0.15) is 12.5 Å². The van der Waals surface area contributed by atoms with Crippen LogP contribution in [0.5, 0.6) is 5.75 Å². The Bertz CT molecular complexity index is 812. The van der Waals surface area contributed by atoms with E-state index in [0.717, 1.165) is 5.56 Å². The monoisotopic (exact) mass is 408 g/mol. The highest BCUT2D eigenvalue weighted by atomic mass is 35.5. The molecule has 3 N–H and O–H groups in total. The maximum atomic E-state index is 11.1. The lowest BCUT2D eigenvalue weighted by molar-refractivity contribution is -0.114. The molecule has 0 spiro atoms. The molecule has 144 valence electrons. The number of guanidine groups is 1. The van der Waals surface area contributed by atoms with Gasteiger partial charge in [0.1, 0.15) is 12.4 Å². The smallest absolute Gasteiger partial charge is 0.221 e. The summed E-state index contributed by atoms with van der Waals surface area (Å²) in [5, 5.41) is 10.3. The fourth-order valence-corrected chi connectivity index (χ4v) is 2.75. The zero-order chi connectivity index (χ0) is 19.6. The number of hydrogen-bond donors (Lipinski definition) is 3. The van der Waals surface area contributed by atoms with Crippen LogP contribution in [-0.2, 0) is 11.3 Å². The van der Waals surface area contributed by atoms with Crippen molar-refractivity contribution in [2.24, 2.45) is 4.99 Å². The SMILES string of the molecule is CN=C(NCCOc1cccc(NC(C)=O)c1)NCc1ccc(Cl)cc1Cl. The average molecular weight is 409 g/mol. The highest BCUT2D eigenvalue weighted by Gasteiger charge is 2.04. The van der Waals surface area contributed by atoms with Gasteiger partial charge in [0, 0.05) is 42.3 Å². The van der Waals surface area contributed by atoms with E-state index < -0.39 is 0 Å². The van der Waals surface area contributed by atoms with Gasteiger partial charge in [-0.25, -0.2) is 0 Å². The normalized spacial score (nSPS) is 11.0. The van der Waals surface area contributed by atoms with E-state index in [4.69, 9.17) is 27.9 Å². The fraction of sp³-hybridized carbons (Fsp3) is 0.263. The van der Waals surface area contributed by atoms with Gasteiger partial charge >= 0.3 is 0 Å². The van der Waals surface area contributed by atoms with Gasteiger partial charge in [0.05, 0.1) is 6.54 Å². The van der Waals surface area contributed by atoms with Crippen LogP contribution in [0.2, 0.25) is 10.0 Å². The third-order valence-corrected chi connectivity index (χ3v) is 4.09. The number of nitrogens with zero attached hydrogens (tertiary/aromatic N) is 1. The molecule has 0 aliphatic heterocycles. The zero-order valence-corrected chi connectivity index (χ0v) is 16.7. The van der Waals surface area contributed by atoms with Crippen molar-refractivity contribution in [3.8, 4) is 5.75 Å². The second-order valence-corrected chi connectivity index (χ2v) is 6.49. The van der Waals surface area contributed by atoms with Gasteiger partial charge < -0.3 is 20.7 Å². The van der Waals surface area contributed by atoms with Gasteiger partial charge in [-0.3, -0.25) is 9.79 Å². The second-order valence-electron chi connectivity index (χ2n) is 5.65. The molecule has 0 aliphatic carbocycles. The molecule has 0 heterocycles. The summed E-state index contributed by atoms with van der Waals surface area (Å²) in [6.07, 6.45) is 0. The minimum absolute atomic E-state index is 0.121. The van der Waals surface area contributed by atoms with Gasteiger partial charge in [0.15, 0.2) is 5.96 Å². The first-order valence-electron chi connectivity index (χ1n) is 8.37. The van der Waals surface area contributed by atoms with Gasteiger partial charge in [0.25, 0.3) is 0 Å². The molecule has 0 saturated heterocycles. The van der Waals surface area contributed by atoms with Crippen molar-refractivity contribution >= 4 is 40.8 Å². The van der Waals surface area contributed by atoms with Gasteiger partial charge in [0.2, 0.25) is 5.91 Å². The lowest BCUT2D eigenvalue weighted by atomic mass is 10.2. The van der Waals surface area contributed by atoms with Crippen LogP contribution in [0, 0.1) is 0 Å². The van der Waals surface area contributed by atoms with Crippen LogP contribution in [0.15, 0.2) is 47.5 Å². The van der Waals surface area contributed by atoms with Crippen LogP contribution in [0.3, 0.4) is 0 Å². The molecule has 8 heteroatoms. The van der Waals surface area contributed by atoms with E-state index in [2.05, 4.69) is 20.9 Å². The summed E-state index contributed by atoms with van der Waals surface area (Å²) >= 11 is 12.1. The fourth-order valence-electron chi connectivity index (χ4n) is 2.27. The third kappa shape index (κ3) is 7.37. The molecule has 0 aliphatic rings. The van der Waals surface area contributed by atoms with Crippen molar-refractivity contribution < 1.29 is 9.53 Å². The summed E-state index contributed by atoms with van der Waals surface area (Å²) in [5.74, 6) is 1.19. The molecule has 0 aromatic heterocycles. The Hall–Kier alpha value is -2.44. The lowest BCUT2D eigenvalue weighted by Crippen LogP contribution is -2.38. The number of aliphatic imine (C=N–C) groups is 1. The largest absolute Gasteiger partial charge is 0.492 e. The third-order valence-electron chi connectivity index (χ3n) is 3.50. The molecule has 0 fully saturated rings. The van der Waals surface area contributed by atoms with Crippen LogP contribution in [0.4, 0.5) is 5.69 Å². The summed E-state index contributed by atoms with van der Waals surface area (Å²) in [6, 6.07) is 12.6. The molecule has 0 saturated carbocycles. The Kier molecular flexibility index (Phi) is 8.23. The summed E-state index contributed by atoms with van der Waals surface area (Å²) in [5.41, 5.74) is 1.63. The Labute approximate surface area is 168 Å². The van der Waals surface area contributed by atoms with E-state index in [1.54, 1.807) is 31.3 Å². The number of ether oxygens (including phenoxy) is 1. The summed E-state index contributed by atoms with van der Waals surface area (Å²) in [4.78, 5) is 15.3. The molecule has 2 aromatic rings. The average Bonchev–Trinajstić information content (AvgIpc) is 2.62. The van der Waals surface area contributed by atoms with E-state index in [1.807, 2.05) is 18.2 Å². The number of carbonyl (C=O) groups excluding carboxylic acids is 1. The van der Waals surface area contributed by atoms with Gasteiger partial charge in [-0.1, -0.05) is 35.3 Å². The molecule has 0 bridgehead atoms. The first-order chi connectivity index (χ1) is 13.0. The van der Waals surface area contributed by atoms with E-state index >= 15 is 0 Å². The maximum Gasteiger partial charge on any atom is 0.221 e. The zero-order valence-electron chi connectivity index (χ0n) is 15.2. The van der Waals surface area contributed by atoms with E-state index in [1.165, 1.54) is 6.92 Å². The van der Waals surface area contributed by atoms with Crippen LogP contribution < -0.4 is 20.7 Å². The summed E-state index contributed by atoms with van der Waals surface area (Å²) in [6.45, 7) is 2.98. The van der Waals surface area contributed by atoms with Crippen LogP contribution in [0.25, 0.3) is 0 Å². The van der Waals surface area contributed by atoms with Gasteiger partial charge in [-0.2, -0.15) is 0 Å². The van der Waals surface area contributed by atoms with Crippen LogP contribution in [-0.4, -0.2) is 32.1 Å². The van der Waals surface area contributed by atoms with Crippen molar-refractivity contribution in [3.05, 3.63) is 58.1 Å². The van der Waals surface area contributed by atoms with Gasteiger partial charge in [-0.05, 0) is 29.8 Å². The number of carbonyl (C=O) groups is 1. The molecular formula is C19H22Cl2N4O2. The standard InChI is InChI=1S/C19H22Cl2N4O2/c1-13(26)25-16-4-3-5-17(11-16)27-9-8-23-19(22-2)24-12-14-6-7-15(20)10-18(14)21/h3-7,10-11H,8-9,12H2,1-2H3,(H,25,26)(H2,22,23,24). The Morgan fingerprint density at radius 3 is 2.67 bits per heavy atom. The molecular weight excluding hydrogens is 387 g/mol. The van der Waals surface area contributed by atoms with E-state index in [-0.39, 0.29) is 5.91 Å². The predicted octanol–water partition coefficient (Wildman–Crippen LogP) is 3.70. The number of halogens is 2. The molecule has 27 heavy (non-hydrogen) atoms. The number of anilines is 1. The minimum atomic E-state index is -0.121. The Morgan fingerprint density at radius 2 is 1.96 bits per heavy atom.